The maximum absolute atomic E-state index is 13.1. The van der Waals surface area contributed by atoms with Crippen LogP contribution in [0.1, 0.15) is 35.5 Å². The monoisotopic (exact) mass is 568 g/mol. The Kier molecular flexibility index (Phi) is 8.37. The van der Waals surface area contributed by atoms with Gasteiger partial charge in [-0.3, -0.25) is 10.1 Å². The number of carbonyl (C=O) groups excluding carboxylic acids is 1. The molecule has 1 aromatic heterocycles. The lowest BCUT2D eigenvalue weighted by Crippen LogP contribution is -2.17. The Hall–Kier alpha value is -4.15. The number of hydrogen-bond donors (Lipinski definition) is 2. The normalized spacial score (nSPS) is 12.1. The molecule has 0 saturated carbocycles. The largest absolute Gasteiger partial charge is 0.481 e. The van der Waals surface area contributed by atoms with Gasteiger partial charge in [0.15, 0.2) is 15.6 Å². The van der Waals surface area contributed by atoms with Gasteiger partial charge in [-0.05, 0) is 37.1 Å². The molecule has 0 aliphatic rings. The standard InChI is InChI=1S/C28H25ClN2O7S/c1-17(22-8-4-5-9-23(22)29)37-28(34)30-26-18(2)38-31-27(26)20-13-11-19(12-14-20)16-39(35,36)24-10-6-3-7-21(24)15-25(32)33/h3-14,17H,15-16H2,1-2H3,(H,30,34)(H,32,33). The highest BCUT2D eigenvalue weighted by Gasteiger charge is 2.22. The number of rotatable bonds is 9. The second-order valence-corrected chi connectivity index (χ2v) is 11.2. The fourth-order valence-corrected chi connectivity index (χ4v) is 5.95. The summed E-state index contributed by atoms with van der Waals surface area (Å²) in [5, 5.41) is 16.3. The predicted molar refractivity (Wildman–Crippen MR) is 145 cm³/mol. The molecule has 202 valence electrons. The highest BCUT2D eigenvalue weighted by atomic mass is 35.5. The number of hydrogen-bond acceptors (Lipinski definition) is 7. The number of ether oxygens (including phenoxy) is 1. The first-order valence-corrected chi connectivity index (χ1v) is 13.9. The van der Waals surface area contributed by atoms with Crippen molar-refractivity contribution >= 4 is 39.2 Å². The number of aliphatic carboxylic acids is 1. The molecule has 0 aliphatic heterocycles. The van der Waals surface area contributed by atoms with E-state index in [1.165, 1.54) is 12.1 Å². The van der Waals surface area contributed by atoms with Crippen LogP contribution < -0.4 is 5.32 Å². The molecule has 1 heterocycles. The Balaban J connectivity index is 1.49. The minimum atomic E-state index is -3.81. The highest BCUT2D eigenvalue weighted by Crippen LogP contribution is 2.32. The molecule has 0 fully saturated rings. The van der Waals surface area contributed by atoms with E-state index in [0.29, 0.717) is 38.9 Å². The maximum Gasteiger partial charge on any atom is 0.412 e. The molecule has 4 aromatic rings. The number of amides is 1. The van der Waals surface area contributed by atoms with Crippen LogP contribution in [-0.4, -0.2) is 30.7 Å². The zero-order valence-corrected chi connectivity index (χ0v) is 22.6. The van der Waals surface area contributed by atoms with E-state index in [-0.39, 0.29) is 16.2 Å². The molecule has 4 rings (SSSR count). The lowest BCUT2D eigenvalue weighted by atomic mass is 10.1. The van der Waals surface area contributed by atoms with Crippen molar-refractivity contribution in [2.75, 3.05) is 5.32 Å². The zero-order chi connectivity index (χ0) is 28.2. The summed E-state index contributed by atoms with van der Waals surface area (Å²) >= 11 is 6.19. The second kappa shape index (κ2) is 11.7. The minimum absolute atomic E-state index is 0.0142. The fraction of sp³-hybridized carbons (Fsp3) is 0.179. The van der Waals surface area contributed by atoms with Crippen LogP contribution in [0, 0.1) is 6.92 Å². The molecule has 1 unspecified atom stereocenters. The van der Waals surface area contributed by atoms with Gasteiger partial charge in [0, 0.05) is 16.1 Å². The lowest BCUT2D eigenvalue weighted by molar-refractivity contribution is -0.136. The number of anilines is 1. The number of carboxylic acid groups (broad SMARTS) is 1. The molecule has 0 radical (unpaired) electrons. The van der Waals surface area contributed by atoms with Crippen molar-refractivity contribution in [2.24, 2.45) is 0 Å². The van der Waals surface area contributed by atoms with E-state index < -0.39 is 34.4 Å². The summed E-state index contributed by atoms with van der Waals surface area (Å²) in [6, 6.07) is 19.7. The van der Waals surface area contributed by atoms with E-state index in [0.717, 1.165) is 0 Å². The fourth-order valence-electron chi connectivity index (χ4n) is 4.05. The number of halogens is 1. The van der Waals surface area contributed by atoms with Gasteiger partial charge >= 0.3 is 12.1 Å². The third-order valence-corrected chi connectivity index (χ3v) is 8.08. The molecular weight excluding hydrogens is 544 g/mol. The van der Waals surface area contributed by atoms with Crippen LogP contribution >= 0.6 is 11.6 Å². The smallest absolute Gasteiger partial charge is 0.412 e. The Labute approximate surface area is 230 Å². The molecular formula is C28H25ClN2O7S. The molecule has 0 bridgehead atoms. The summed E-state index contributed by atoms with van der Waals surface area (Å²) in [5.74, 6) is -1.08. The average molecular weight is 569 g/mol. The Bertz CT molecular complexity index is 1620. The van der Waals surface area contributed by atoms with Gasteiger partial charge in [-0.2, -0.15) is 0 Å². The number of nitrogens with one attached hydrogen (secondary N) is 1. The summed E-state index contributed by atoms with van der Waals surface area (Å²) < 4.78 is 36.9. The number of nitrogens with zero attached hydrogens (tertiary/aromatic N) is 1. The number of aryl methyl sites for hydroxylation is 1. The van der Waals surface area contributed by atoms with Crippen molar-refractivity contribution in [3.63, 3.8) is 0 Å². The van der Waals surface area contributed by atoms with Crippen molar-refractivity contribution < 1.29 is 32.4 Å². The molecule has 0 spiro atoms. The van der Waals surface area contributed by atoms with Crippen LogP contribution in [0.25, 0.3) is 11.3 Å². The van der Waals surface area contributed by atoms with Crippen LogP contribution in [0.4, 0.5) is 10.5 Å². The lowest BCUT2D eigenvalue weighted by Gasteiger charge is -2.15. The molecule has 9 nitrogen and oxygen atoms in total. The molecule has 0 aliphatic carbocycles. The summed E-state index contributed by atoms with van der Waals surface area (Å²) in [5.41, 5.74) is 2.62. The van der Waals surface area contributed by atoms with E-state index in [1.807, 2.05) is 0 Å². The maximum atomic E-state index is 13.1. The van der Waals surface area contributed by atoms with Gasteiger partial charge < -0.3 is 14.4 Å². The van der Waals surface area contributed by atoms with Gasteiger partial charge in [0.25, 0.3) is 0 Å². The molecule has 11 heteroatoms. The third kappa shape index (κ3) is 6.65. The van der Waals surface area contributed by atoms with Gasteiger partial charge in [0.2, 0.25) is 0 Å². The first-order chi connectivity index (χ1) is 18.5. The van der Waals surface area contributed by atoms with Crippen molar-refractivity contribution in [3.8, 4) is 11.3 Å². The first-order valence-electron chi connectivity index (χ1n) is 11.8. The van der Waals surface area contributed by atoms with E-state index in [4.69, 9.17) is 26.0 Å². The second-order valence-electron chi connectivity index (χ2n) is 8.79. The van der Waals surface area contributed by atoms with Gasteiger partial charge in [-0.15, -0.1) is 0 Å². The van der Waals surface area contributed by atoms with Crippen LogP contribution in [0.2, 0.25) is 5.02 Å². The third-order valence-electron chi connectivity index (χ3n) is 5.95. The van der Waals surface area contributed by atoms with Gasteiger partial charge in [0.1, 0.15) is 17.5 Å². The van der Waals surface area contributed by atoms with Crippen LogP contribution in [0.3, 0.4) is 0 Å². The van der Waals surface area contributed by atoms with Gasteiger partial charge in [-0.1, -0.05) is 77.4 Å². The molecule has 1 amide bonds. The number of sulfone groups is 1. The molecule has 3 aromatic carbocycles. The molecule has 2 N–H and O–H groups in total. The molecule has 0 saturated heterocycles. The average Bonchev–Trinajstić information content (AvgIpc) is 3.24. The Morgan fingerprint density at radius 3 is 2.41 bits per heavy atom. The van der Waals surface area contributed by atoms with Crippen molar-refractivity contribution in [2.45, 2.75) is 37.0 Å². The molecule has 1 atom stereocenters. The van der Waals surface area contributed by atoms with Crippen molar-refractivity contribution in [1.82, 2.24) is 5.16 Å². The SMILES string of the molecule is Cc1onc(-c2ccc(CS(=O)(=O)c3ccccc3CC(=O)O)cc2)c1NC(=O)OC(C)c1ccccc1Cl. The van der Waals surface area contributed by atoms with E-state index in [9.17, 15) is 18.0 Å². The topological polar surface area (TPSA) is 136 Å². The van der Waals surface area contributed by atoms with Crippen LogP contribution in [0.15, 0.2) is 82.2 Å². The minimum Gasteiger partial charge on any atom is -0.481 e. The first kappa shape index (κ1) is 27.9. The summed E-state index contributed by atoms with van der Waals surface area (Å²) in [6.45, 7) is 3.34. The van der Waals surface area contributed by atoms with Crippen LogP contribution in [0.5, 0.6) is 0 Å². The number of carboxylic acids is 1. The quantitative estimate of drug-likeness (QED) is 0.243. The van der Waals surface area contributed by atoms with Crippen LogP contribution in [-0.2, 0) is 31.5 Å². The number of benzene rings is 3. The van der Waals surface area contributed by atoms with Crippen molar-refractivity contribution in [3.05, 3.63) is 100 Å². The predicted octanol–water partition coefficient (Wildman–Crippen LogP) is 6.21. The van der Waals surface area contributed by atoms with E-state index in [1.54, 1.807) is 74.5 Å². The zero-order valence-electron chi connectivity index (χ0n) is 21.0. The summed E-state index contributed by atoms with van der Waals surface area (Å²) in [4.78, 5) is 23.8. The Morgan fingerprint density at radius 1 is 1.05 bits per heavy atom. The van der Waals surface area contributed by atoms with Gasteiger partial charge in [0.05, 0.1) is 17.1 Å². The summed E-state index contributed by atoms with van der Waals surface area (Å²) in [7, 11) is -3.81. The van der Waals surface area contributed by atoms with Gasteiger partial charge in [-0.25, -0.2) is 13.2 Å². The van der Waals surface area contributed by atoms with E-state index >= 15 is 0 Å². The highest BCUT2D eigenvalue weighted by molar-refractivity contribution is 7.90. The Morgan fingerprint density at radius 2 is 1.72 bits per heavy atom. The number of carbonyl (C=O) groups is 2. The van der Waals surface area contributed by atoms with Crippen molar-refractivity contribution in [1.29, 1.82) is 0 Å². The molecule has 39 heavy (non-hydrogen) atoms. The number of aromatic nitrogens is 1. The van der Waals surface area contributed by atoms with E-state index in [2.05, 4.69) is 10.5 Å². The summed E-state index contributed by atoms with van der Waals surface area (Å²) in [6.07, 6.45) is -1.73.